The second-order valence-electron chi connectivity index (χ2n) is 5.91. The average molecular weight is 410 g/mol. The largest absolute Gasteiger partial charge is 0.332 e. The van der Waals surface area contributed by atoms with Gasteiger partial charge >= 0.3 is 5.69 Å². The summed E-state index contributed by atoms with van der Waals surface area (Å²) in [5, 5.41) is 1.48. The molecule has 0 N–H and O–H groups in total. The minimum Gasteiger partial charge on any atom is -0.280 e. The van der Waals surface area contributed by atoms with E-state index in [0.717, 1.165) is 27.0 Å². The fourth-order valence-electron chi connectivity index (χ4n) is 2.74. The predicted octanol–water partition coefficient (Wildman–Crippen LogP) is 3.79. The van der Waals surface area contributed by atoms with Crippen molar-refractivity contribution in [2.45, 2.75) is 24.0 Å². The Hall–Kier alpha value is -1.76. The molecule has 0 spiro atoms. The molecule has 1 aromatic carbocycles. The van der Waals surface area contributed by atoms with Gasteiger partial charge in [-0.25, -0.2) is 9.78 Å². The van der Waals surface area contributed by atoms with E-state index >= 15 is 0 Å². The van der Waals surface area contributed by atoms with E-state index in [2.05, 4.69) is 4.98 Å². The van der Waals surface area contributed by atoms with E-state index in [1.165, 1.54) is 23.4 Å². The Morgan fingerprint density at radius 2 is 1.85 bits per heavy atom. The second-order valence-corrected chi connectivity index (χ2v) is 7.71. The molecule has 0 unspecified atom stereocenters. The Balaban J connectivity index is 2.15. The molecule has 8 heteroatoms. The van der Waals surface area contributed by atoms with E-state index in [1.54, 1.807) is 19.3 Å². The highest BCUT2D eigenvalue weighted by Gasteiger charge is 2.17. The smallest absolute Gasteiger partial charge is 0.280 e. The molecule has 0 bridgehead atoms. The first-order valence-electron chi connectivity index (χ1n) is 7.99. The number of hydrogen-bond acceptors (Lipinski definition) is 4. The summed E-state index contributed by atoms with van der Waals surface area (Å²) < 4.78 is 2.52. The molecule has 0 saturated heterocycles. The topological polar surface area (TPSA) is 56.9 Å². The number of aromatic nitrogens is 3. The molecule has 0 aliphatic carbocycles. The number of benzene rings is 1. The maximum absolute atomic E-state index is 12.8. The summed E-state index contributed by atoms with van der Waals surface area (Å²) in [7, 11) is 3.10. The molecule has 0 atom stereocenters. The Labute approximate surface area is 164 Å². The van der Waals surface area contributed by atoms with Crippen molar-refractivity contribution < 1.29 is 0 Å². The Kier molecular flexibility index (Phi) is 5.46. The van der Waals surface area contributed by atoms with Gasteiger partial charge in [-0.1, -0.05) is 36.2 Å². The van der Waals surface area contributed by atoms with Crippen LogP contribution >= 0.6 is 35.0 Å². The summed E-state index contributed by atoms with van der Waals surface area (Å²) in [6.45, 7) is 2.01. The molecule has 3 rings (SSSR count). The van der Waals surface area contributed by atoms with Crippen LogP contribution in [0.4, 0.5) is 0 Å². The lowest BCUT2D eigenvalue weighted by Gasteiger charge is -2.13. The Morgan fingerprint density at radius 3 is 2.50 bits per heavy atom. The second kappa shape index (κ2) is 7.47. The quantitative estimate of drug-likeness (QED) is 0.614. The third kappa shape index (κ3) is 3.29. The minimum absolute atomic E-state index is 0.331. The lowest BCUT2D eigenvalue weighted by molar-refractivity contribution is 0.705. The highest BCUT2D eigenvalue weighted by Crippen LogP contribution is 2.32. The molecule has 136 valence electrons. The number of rotatable bonds is 4. The molecule has 0 radical (unpaired) electrons. The van der Waals surface area contributed by atoms with Gasteiger partial charge in [-0.3, -0.25) is 13.9 Å². The number of nitrogens with zero attached hydrogens (tertiary/aromatic N) is 3. The van der Waals surface area contributed by atoms with Crippen LogP contribution in [-0.2, 0) is 26.3 Å². The van der Waals surface area contributed by atoms with Gasteiger partial charge in [-0.05, 0) is 29.7 Å². The zero-order valence-electron chi connectivity index (χ0n) is 14.5. The predicted molar refractivity (Wildman–Crippen MR) is 108 cm³/mol. The number of hydrogen-bond donors (Lipinski definition) is 0. The summed E-state index contributed by atoms with van der Waals surface area (Å²) >= 11 is 13.6. The third-order valence-electron chi connectivity index (χ3n) is 4.24. The van der Waals surface area contributed by atoms with Crippen molar-refractivity contribution in [2.24, 2.45) is 14.1 Å². The van der Waals surface area contributed by atoms with Gasteiger partial charge in [-0.2, -0.15) is 0 Å². The maximum atomic E-state index is 12.8. The molecule has 0 aliphatic heterocycles. The molecule has 26 heavy (non-hydrogen) atoms. The lowest BCUT2D eigenvalue weighted by atomic mass is 10.2. The van der Waals surface area contributed by atoms with Crippen molar-refractivity contribution in [2.75, 3.05) is 0 Å². The zero-order chi connectivity index (χ0) is 19.0. The van der Waals surface area contributed by atoms with Crippen LogP contribution < -0.4 is 11.2 Å². The van der Waals surface area contributed by atoms with Gasteiger partial charge in [0.1, 0.15) is 5.65 Å². The van der Waals surface area contributed by atoms with Crippen molar-refractivity contribution in [3.63, 3.8) is 0 Å². The summed E-state index contributed by atoms with van der Waals surface area (Å²) in [5.74, 6) is 0.620. The normalized spacial score (nSPS) is 11.3. The highest BCUT2D eigenvalue weighted by molar-refractivity contribution is 7.98. The average Bonchev–Trinajstić information content (AvgIpc) is 2.64. The fourth-order valence-corrected chi connectivity index (χ4v) is 4.26. The fraction of sp³-hybridized carbons (Fsp3) is 0.278. The molecule has 0 aliphatic rings. The van der Waals surface area contributed by atoms with Crippen LogP contribution in [0.1, 0.15) is 18.1 Å². The van der Waals surface area contributed by atoms with E-state index in [4.69, 9.17) is 23.2 Å². The first kappa shape index (κ1) is 19.0. The summed E-state index contributed by atoms with van der Waals surface area (Å²) in [6, 6.07) is 5.48. The highest BCUT2D eigenvalue weighted by atomic mass is 35.5. The van der Waals surface area contributed by atoms with Crippen LogP contribution in [0.3, 0.4) is 0 Å². The maximum Gasteiger partial charge on any atom is 0.332 e. The van der Waals surface area contributed by atoms with Gasteiger partial charge in [0.2, 0.25) is 0 Å². The van der Waals surface area contributed by atoms with Crippen molar-refractivity contribution in [1.29, 1.82) is 0 Å². The van der Waals surface area contributed by atoms with Crippen LogP contribution in [0, 0.1) is 0 Å². The molecular weight excluding hydrogens is 393 g/mol. The monoisotopic (exact) mass is 409 g/mol. The third-order valence-corrected chi connectivity index (χ3v) is 6.21. The first-order chi connectivity index (χ1) is 12.3. The van der Waals surface area contributed by atoms with Gasteiger partial charge in [0.25, 0.3) is 5.56 Å². The molecule has 5 nitrogen and oxygen atoms in total. The van der Waals surface area contributed by atoms with Crippen LogP contribution in [0.25, 0.3) is 11.0 Å². The summed E-state index contributed by atoms with van der Waals surface area (Å²) in [6.07, 6.45) is 2.47. The van der Waals surface area contributed by atoms with Crippen LogP contribution in [0.15, 0.2) is 38.9 Å². The number of fused-ring (bicyclic) bond motifs is 1. The Morgan fingerprint density at radius 1 is 1.12 bits per heavy atom. The molecule has 0 fully saturated rings. The molecule has 0 saturated carbocycles. The van der Waals surface area contributed by atoms with E-state index < -0.39 is 0 Å². The van der Waals surface area contributed by atoms with Gasteiger partial charge in [0, 0.05) is 30.9 Å². The van der Waals surface area contributed by atoms with E-state index in [1.807, 2.05) is 19.1 Å². The van der Waals surface area contributed by atoms with Crippen molar-refractivity contribution in [3.8, 4) is 0 Å². The van der Waals surface area contributed by atoms with Gasteiger partial charge in [0.15, 0.2) is 0 Å². The molecule has 0 amide bonds. The molecule has 3 aromatic rings. The SMILES string of the molecule is CCc1cnc2c(c1SCc1ccc(Cl)c(Cl)c1)c(=O)n(C)c(=O)n2C. The van der Waals surface area contributed by atoms with E-state index in [0.29, 0.717) is 26.8 Å². The van der Waals surface area contributed by atoms with Crippen molar-refractivity contribution in [1.82, 2.24) is 14.1 Å². The summed E-state index contributed by atoms with van der Waals surface area (Å²) in [4.78, 5) is 30.1. The number of halogens is 2. The standard InChI is InChI=1S/C18H17Cl2N3O2S/c1-4-11-8-21-16-14(17(24)23(3)18(25)22(16)2)15(11)26-9-10-5-6-12(19)13(20)7-10/h5-8H,4,9H2,1-3H3. The van der Waals surface area contributed by atoms with Gasteiger partial charge < -0.3 is 0 Å². The van der Waals surface area contributed by atoms with Crippen LogP contribution in [0.5, 0.6) is 0 Å². The number of aryl methyl sites for hydroxylation is 2. The Bertz CT molecular complexity index is 1120. The van der Waals surface area contributed by atoms with Gasteiger partial charge in [0.05, 0.1) is 15.4 Å². The van der Waals surface area contributed by atoms with Gasteiger partial charge in [-0.15, -0.1) is 11.8 Å². The summed E-state index contributed by atoms with van der Waals surface area (Å²) in [5.41, 5.74) is 1.64. The zero-order valence-corrected chi connectivity index (χ0v) is 16.9. The van der Waals surface area contributed by atoms with Crippen LogP contribution in [-0.4, -0.2) is 14.1 Å². The lowest BCUT2D eigenvalue weighted by Crippen LogP contribution is -2.37. The van der Waals surface area contributed by atoms with Crippen molar-refractivity contribution >= 4 is 46.0 Å². The van der Waals surface area contributed by atoms with E-state index in [-0.39, 0.29) is 11.2 Å². The molecule has 2 aromatic heterocycles. The minimum atomic E-state index is -0.389. The first-order valence-corrected chi connectivity index (χ1v) is 9.73. The van der Waals surface area contributed by atoms with Crippen molar-refractivity contribution in [3.05, 3.63) is 66.4 Å². The number of thioether (sulfide) groups is 1. The molecular formula is C18H17Cl2N3O2S. The number of pyridine rings is 1. The van der Waals surface area contributed by atoms with Crippen LogP contribution in [0.2, 0.25) is 10.0 Å². The van der Waals surface area contributed by atoms with E-state index in [9.17, 15) is 9.59 Å². The molecule has 2 heterocycles.